The number of aliphatic imine (C=N–C) groups is 4. The molecule has 268 valence electrons. The summed E-state index contributed by atoms with van der Waals surface area (Å²) in [5, 5.41) is 73.9. The van der Waals surface area contributed by atoms with Gasteiger partial charge in [0.05, 0.1) is 71.1 Å². The van der Waals surface area contributed by atoms with Crippen molar-refractivity contribution in [3.63, 3.8) is 0 Å². The van der Waals surface area contributed by atoms with Crippen LogP contribution in [0.4, 0.5) is 0 Å². The zero-order valence-electron chi connectivity index (χ0n) is 27.7. The Kier molecular flexibility index (Phi) is 13.4. The molecule has 5 heterocycles. The fourth-order valence-electron chi connectivity index (χ4n) is 5.37. The van der Waals surface area contributed by atoms with Crippen molar-refractivity contribution >= 4 is 28.4 Å². The Morgan fingerprint density at radius 2 is 0.941 bits per heavy atom. The van der Waals surface area contributed by atoms with Gasteiger partial charge in [-0.3, -0.25) is 0 Å². The first kappa shape index (κ1) is 37.7. The first-order valence-electron chi connectivity index (χ1n) is 16.5. The summed E-state index contributed by atoms with van der Waals surface area (Å²) in [4.78, 5) is 18.9. The minimum Gasteiger partial charge on any atom is -0.396 e. The summed E-state index contributed by atoms with van der Waals surface area (Å²) in [6, 6.07) is 10.3. The molecule has 5 aliphatic heterocycles. The Balaban J connectivity index is 0.000000214. The van der Waals surface area contributed by atoms with Gasteiger partial charge in [0.2, 0.25) is 0 Å². The molecule has 0 saturated carbocycles. The highest BCUT2D eigenvalue weighted by atomic mass is 16.5. The van der Waals surface area contributed by atoms with Crippen molar-refractivity contribution in [3.8, 4) is 0 Å². The summed E-state index contributed by atoms with van der Waals surface area (Å²) in [6.45, 7) is -1.52. The van der Waals surface area contributed by atoms with Crippen LogP contribution in [0.3, 0.4) is 0 Å². The Hall–Kier alpha value is -4.54. The Morgan fingerprint density at radius 1 is 0.490 bits per heavy atom. The normalized spacial score (nSPS) is 20.7. The molecule has 0 aliphatic carbocycles. The molecule has 6 unspecified atom stereocenters. The van der Waals surface area contributed by atoms with E-state index in [1.54, 1.807) is 0 Å². The van der Waals surface area contributed by atoms with Crippen molar-refractivity contribution in [2.24, 2.45) is 20.0 Å². The number of fused-ring (bicyclic) bond motifs is 4. The summed E-state index contributed by atoms with van der Waals surface area (Å²) < 4.78 is 4.89. The molecule has 13 heteroatoms. The molecule has 0 spiro atoms. The molecule has 13 nitrogen and oxygen atoms in total. The van der Waals surface area contributed by atoms with E-state index in [9.17, 15) is 30.6 Å². The lowest BCUT2D eigenvalue weighted by Gasteiger charge is -2.25. The van der Waals surface area contributed by atoms with Gasteiger partial charge in [-0.2, -0.15) is 0 Å². The molecular weight excluding hydrogens is 656 g/mol. The van der Waals surface area contributed by atoms with E-state index in [0.29, 0.717) is 0 Å². The van der Waals surface area contributed by atoms with Crippen LogP contribution in [0.15, 0.2) is 140 Å². The van der Waals surface area contributed by atoms with Gasteiger partial charge in [0.25, 0.3) is 0 Å². The monoisotopic (exact) mass is 698 g/mol. The lowest BCUT2D eigenvalue weighted by molar-refractivity contribution is -0.120. The van der Waals surface area contributed by atoms with Crippen molar-refractivity contribution in [2.45, 2.75) is 49.5 Å². The molecule has 8 N–H and O–H groups in total. The smallest absolute Gasteiger partial charge is 0.108 e. The maximum atomic E-state index is 9.52. The number of allylic oxidation sites excluding steroid dienone is 12. The molecule has 1 aromatic carbocycles. The van der Waals surface area contributed by atoms with Gasteiger partial charge in [0.1, 0.15) is 24.4 Å². The third-order valence-corrected chi connectivity index (χ3v) is 8.13. The van der Waals surface area contributed by atoms with Crippen LogP contribution in [0.2, 0.25) is 0 Å². The number of nitrogens with zero attached hydrogens (tertiary/aromatic N) is 4. The van der Waals surface area contributed by atoms with Crippen LogP contribution in [-0.4, -0.2) is 127 Å². The van der Waals surface area contributed by atoms with Crippen LogP contribution in [0, 0.1) is 0 Å². The Labute approximate surface area is 295 Å². The van der Waals surface area contributed by atoms with Gasteiger partial charge in [0, 0.05) is 18.8 Å². The van der Waals surface area contributed by atoms with E-state index in [1.165, 1.54) is 0 Å². The quantitative estimate of drug-likeness (QED) is 0.147. The lowest BCUT2D eigenvalue weighted by atomic mass is 10.0. The molecule has 6 atom stereocenters. The van der Waals surface area contributed by atoms with Crippen LogP contribution < -0.4 is 0 Å². The average Bonchev–Trinajstić information content (AvgIpc) is 3.94. The molecule has 51 heavy (non-hydrogen) atoms. The average molecular weight is 699 g/mol. The maximum absolute atomic E-state index is 9.52. The van der Waals surface area contributed by atoms with Crippen molar-refractivity contribution in [2.75, 3.05) is 26.4 Å². The second-order valence-corrected chi connectivity index (χ2v) is 12.1. The summed E-state index contributed by atoms with van der Waals surface area (Å²) >= 11 is 0. The number of aliphatic hydroxyl groups excluding tert-OH is 8. The second-order valence-electron chi connectivity index (χ2n) is 12.1. The number of benzene rings is 1. The number of hydrogen-bond acceptors (Lipinski definition) is 13. The van der Waals surface area contributed by atoms with E-state index in [1.807, 2.05) is 79.0 Å². The molecule has 6 rings (SSSR count). The Bertz CT molecular complexity index is 1770. The molecule has 8 bridgehead atoms. The SMILES string of the molecule is C1=CC2=NC1=CC1=NC(=CC3=NC(=CC4=NC(=C2)C=C4)C=C3c2ccccc2)C=C1.OCCC(O)C(O)C(O)COCC(O)C(O)C(O)CCO. The van der Waals surface area contributed by atoms with Crippen LogP contribution >= 0.6 is 0 Å². The predicted octanol–water partition coefficient (Wildman–Crippen LogP) is 1.04. The van der Waals surface area contributed by atoms with E-state index >= 15 is 0 Å². The largest absolute Gasteiger partial charge is 0.396 e. The van der Waals surface area contributed by atoms with E-state index in [4.69, 9.17) is 29.9 Å². The van der Waals surface area contributed by atoms with E-state index in [0.717, 1.165) is 56.8 Å². The minimum absolute atomic E-state index is 0.104. The van der Waals surface area contributed by atoms with E-state index < -0.39 is 49.8 Å². The molecule has 0 aromatic heterocycles. The van der Waals surface area contributed by atoms with Crippen molar-refractivity contribution in [1.82, 2.24) is 0 Å². The third kappa shape index (κ3) is 10.5. The standard InChI is InChI=1S/C26H16N4.C12H26O9/c1-2-4-17(5-3-1)25-15-24-14-22-9-8-20(28-22)12-18-6-7-19(27-18)13-21-10-11-23(29-21)16-26(25)30-24;13-3-1-7(15)11(19)9(17)5-21-6-10(18)12(20)8(16)2-4-14/h1-16H;7-20H,1-6H2. The summed E-state index contributed by atoms with van der Waals surface area (Å²) in [6.07, 6.45) is 13.4. The summed E-state index contributed by atoms with van der Waals surface area (Å²) in [5.74, 6) is 0. The third-order valence-electron chi connectivity index (χ3n) is 8.13. The number of hydrogen-bond donors (Lipinski definition) is 8. The second kappa shape index (κ2) is 18.1. The topological polar surface area (TPSA) is 221 Å². The number of aliphatic hydroxyl groups is 8. The maximum Gasteiger partial charge on any atom is 0.108 e. The van der Waals surface area contributed by atoms with Crippen LogP contribution in [-0.2, 0) is 4.74 Å². The van der Waals surface area contributed by atoms with Gasteiger partial charge in [-0.05, 0) is 85.2 Å². The highest BCUT2D eigenvalue weighted by molar-refractivity contribution is 6.32. The highest BCUT2D eigenvalue weighted by Gasteiger charge is 2.27. The molecule has 0 radical (unpaired) electrons. The molecule has 0 amide bonds. The fourth-order valence-corrected chi connectivity index (χ4v) is 5.37. The van der Waals surface area contributed by atoms with Gasteiger partial charge >= 0.3 is 0 Å². The van der Waals surface area contributed by atoms with Gasteiger partial charge in [-0.15, -0.1) is 0 Å². The number of rotatable bonds is 13. The van der Waals surface area contributed by atoms with Crippen LogP contribution in [0.5, 0.6) is 0 Å². The minimum atomic E-state index is -1.51. The van der Waals surface area contributed by atoms with Gasteiger partial charge in [-0.1, -0.05) is 30.3 Å². The van der Waals surface area contributed by atoms with Crippen LogP contribution in [0.1, 0.15) is 18.4 Å². The zero-order chi connectivity index (χ0) is 36.3. The lowest BCUT2D eigenvalue weighted by Crippen LogP contribution is -2.43. The molecular formula is C38H42N4O9. The molecule has 1 aromatic rings. The summed E-state index contributed by atoms with van der Waals surface area (Å²) in [5.41, 5.74) is 9.28. The molecule has 0 saturated heterocycles. The Morgan fingerprint density at radius 3 is 1.41 bits per heavy atom. The zero-order valence-corrected chi connectivity index (χ0v) is 27.7. The predicted molar refractivity (Wildman–Crippen MR) is 194 cm³/mol. The molecule has 5 aliphatic rings. The van der Waals surface area contributed by atoms with Gasteiger partial charge < -0.3 is 45.6 Å². The van der Waals surface area contributed by atoms with Gasteiger partial charge in [-0.25, -0.2) is 20.0 Å². The first-order chi connectivity index (χ1) is 24.6. The van der Waals surface area contributed by atoms with Gasteiger partial charge in [0.15, 0.2) is 0 Å². The molecule has 0 fully saturated rings. The van der Waals surface area contributed by atoms with Crippen molar-refractivity contribution in [1.29, 1.82) is 0 Å². The highest BCUT2D eigenvalue weighted by Crippen LogP contribution is 2.29. The van der Waals surface area contributed by atoms with Crippen molar-refractivity contribution < 1.29 is 45.6 Å². The van der Waals surface area contributed by atoms with E-state index in [-0.39, 0.29) is 26.1 Å². The first-order valence-corrected chi connectivity index (χ1v) is 16.5. The van der Waals surface area contributed by atoms with E-state index in [2.05, 4.69) is 23.2 Å². The fraction of sp³-hybridized carbons (Fsp3) is 0.316. The van der Waals surface area contributed by atoms with Crippen molar-refractivity contribution in [3.05, 3.63) is 126 Å². The summed E-state index contributed by atoms with van der Waals surface area (Å²) in [7, 11) is 0. The van der Waals surface area contributed by atoms with Crippen LogP contribution in [0.25, 0.3) is 5.57 Å². The number of ether oxygens (including phenoxy) is 1.